The Hall–Kier alpha value is -2.02. The van der Waals surface area contributed by atoms with E-state index in [1.165, 1.54) is 16.7 Å². The summed E-state index contributed by atoms with van der Waals surface area (Å²) in [6.45, 7) is 0.781. The standard InChI is InChI=1S/C18H18O/c1-2-9-17(10-3-1)19-14-6-8-16-13-12-15-7-4-5-11-18(15)16/h1-5,7,9-11,13H,6,8,12,14H2. The van der Waals surface area contributed by atoms with E-state index in [9.17, 15) is 0 Å². The van der Waals surface area contributed by atoms with Crippen LogP contribution in [-0.4, -0.2) is 6.61 Å². The highest BCUT2D eigenvalue weighted by atomic mass is 16.5. The summed E-state index contributed by atoms with van der Waals surface area (Å²) in [5, 5.41) is 0. The Morgan fingerprint density at radius 1 is 0.895 bits per heavy atom. The van der Waals surface area contributed by atoms with Crippen LogP contribution in [0.4, 0.5) is 0 Å². The zero-order chi connectivity index (χ0) is 12.9. The van der Waals surface area contributed by atoms with Crippen molar-refractivity contribution in [3.05, 3.63) is 71.8 Å². The zero-order valence-electron chi connectivity index (χ0n) is 11.0. The Labute approximate surface area is 114 Å². The van der Waals surface area contributed by atoms with E-state index in [4.69, 9.17) is 4.74 Å². The molecule has 0 saturated heterocycles. The summed E-state index contributed by atoms with van der Waals surface area (Å²) in [6, 6.07) is 18.7. The average Bonchev–Trinajstić information content (AvgIpc) is 2.88. The second-order valence-electron chi connectivity index (χ2n) is 4.86. The third-order valence-electron chi connectivity index (χ3n) is 3.53. The largest absolute Gasteiger partial charge is 0.494 e. The molecule has 0 amide bonds. The van der Waals surface area contributed by atoms with Gasteiger partial charge in [0, 0.05) is 0 Å². The van der Waals surface area contributed by atoms with Crippen molar-refractivity contribution < 1.29 is 4.74 Å². The van der Waals surface area contributed by atoms with Gasteiger partial charge in [-0.25, -0.2) is 0 Å². The lowest BCUT2D eigenvalue weighted by Crippen LogP contribution is -1.97. The molecule has 2 aromatic rings. The van der Waals surface area contributed by atoms with Crippen molar-refractivity contribution >= 4 is 5.57 Å². The average molecular weight is 250 g/mol. The highest BCUT2D eigenvalue weighted by Gasteiger charge is 2.12. The van der Waals surface area contributed by atoms with E-state index in [2.05, 4.69) is 30.3 Å². The predicted octanol–water partition coefficient (Wildman–Crippen LogP) is 4.49. The maximum atomic E-state index is 5.73. The van der Waals surface area contributed by atoms with Gasteiger partial charge >= 0.3 is 0 Å². The molecule has 0 bridgehead atoms. The highest BCUT2D eigenvalue weighted by molar-refractivity contribution is 5.72. The SMILES string of the molecule is C1=C(CCCOc2ccccc2)c2ccccc2C1. The van der Waals surface area contributed by atoms with Gasteiger partial charge < -0.3 is 4.74 Å². The van der Waals surface area contributed by atoms with Crippen molar-refractivity contribution in [3.8, 4) is 5.75 Å². The Kier molecular flexibility index (Phi) is 3.64. The van der Waals surface area contributed by atoms with E-state index < -0.39 is 0 Å². The van der Waals surface area contributed by atoms with Crippen LogP contribution in [0.1, 0.15) is 24.0 Å². The number of fused-ring (bicyclic) bond motifs is 1. The number of hydrogen-bond acceptors (Lipinski definition) is 1. The predicted molar refractivity (Wildman–Crippen MR) is 79.3 cm³/mol. The highest BCUT2D eigenvalue weighted by Crippen LogP contribution is 2.30. The summed E-state index contributed by atoms with van der Waals surface area (Å²) in [7, 11) is 0. The summed E-state index contributed by atoms with van der Waals surface area (Å²) in [4.78, 5) is 0. The molecule has 0 spiro atoms. The quantitative estimate of drug-likeness (QED) is 0.711. The number of benzene rings is 2. The summed E-state index contributed by atoms with van der Waals surface area (Å²) < 4.78 is 5.73. The van der Waals surface area contributed by atoms with E-state index in [1.807, 2.05) is 30.3 Å². The Morgan fingerprint density at radius 3 is 2.58 bits per heavy atom. The van der Waals surface area contributed by atoms with Crippen LogP contribution in [0.25, 0.3) is 5.57 Å². The molecule has 1 nitrogen and oxygen atoms in total. The first-order valence-electron chi connectivity index (χ1n) is 6.88. The topological polar surface area (TPSA) is 9.23 Å². The molecule has 0 aromatic heterocycles. The second-order valence-corrected chi connectivity index (χ2v) is 4.86. The van der Waals surface area contributed by atoms with Gasteiger partial charge in [0.15, 0.2) is 0 Å². The molecule has 1 aliphatic rings. The molecule has 0 unspecified atom stereocenters. The van der Waals surface area contributed by atoms with Gasteiger partial charge in [-0.05, 0) is 48.1 Å². The van der Waals surface area contributed by atoms with Crippen LogP contribution in [0.15, 0.2) is 60.7 Å². The van der Waals surface area contributed by atoms with Crippen LogP contribution < -0.4 is 4.74 Å². The molecule has 2 aromatic carbocycles. The summed E-state index contributed by atoms with van der Waals surface area (Å²) in [5.74, 6) is 0.961. The molecule has 0 fully saturated rings. The summed E-state index contributed by atoms with van der Waals surface area (Å²) >= 11 is 0. The second kappa shape index (κ2) is 5.75. The minimum Gasteiger partial charge on any atom is -0.494 e. The van der Waals surface area contributed by atoms with E-state index in [0.29, 0.717) is 0 Å². The number of allylic oxidation sites excluding steroid dienone is 2. The minimum absolute atomic E-state index is 0.781. The molecule has 0 N–H and O–H groups in total. The van der Waals surface area contributed by atoms with Crippen molar-refractivity contribution in [3.63, 3.8) is 0 Å². The molecule has 0 radical (unpaired) electrons. The zero-order valence-corrected chi connectivity index (χ0v) is 11.0. The van der Waals surface area contributed by atoms with Crippen molar-refractivity contribution in [2.24, 2.45) is 0 Å². The molecule has 1 aliphatic carbocycles. The van der Waals surface area contributed by atoms with Gasteiger partial charge in [-0.15, -0.1) is 0 Å². The molecule has 0 heterocycles. The fourth-order valence-corrected chi connectivity index (χ4v) is 2.56. The lowest BCUT2D eigenvalue weighted by atomic mass is 10.0. The first-order chi connectivity index (χ1) is 9.43. The Balaban J connectivity index is 1.49. The summed E-state index contributed by atoms with van der Waals surface area (Å²) in [5.41, 5.74) is 4.37. The normalized spacial score (nSPS) is 12.9. The maximum Gasteiger partial charge on any atom is 0.119 e. The van der Waals surface area contributed by atoms with Crippen LogP contribution in [0.5, 0.6) is 5.75 Å². The maximum absolute atomic E-state index is 5.73. The number of hydrogen-bond donors (Lipinski definition) is 0. The number of ether oxygens (including phenoxy) is 1. The fourth-order valence-electron chi connectivity index (χ4n) is 2.56. The van der Waals surface area contributed by atoms with Gasteiger partial charge in [-0.1, -0.05) is 48.5 Å². The van der Waals surface area contributed by atoms with Crippen LogP contribution >= 0.6 is 0 Å². The lowest BCUT2D eigenvalue weighted by molar-refractivity contribution is 0.313. The van der Waals surface area contributed by atoms with Gasteiger partial charge in [0.2, 0.25) is 0 Å². The monoisotopic (exact) mass is 250 g/mol. The molecule has 96 valence electrons. The fraction of sp³-hybridized carbons (Fsp3) is 0.222. The lowest BCUT2D eigenvalue weighted by Gasteiger charge is -2.07. The molecule has 3 rings (SSSR count). The van der Waals surface area contributed by atoms with E-state index in [0.717, 1.165) is 31.6 Å². The third-order valence-corrected chi connectivity index (χ3v) is 3.53. The van der Waals surface area contributed by atoms with Gasteiger partial charge in [0.05, 0.1) is 6.61 Å². The third kappa shape index (κ3) is 2.87. The van der Waals surface area contributed by atoms with Crippen molar-refractivity contribution in [2.45, 2.75) is 19.3 Å². The van der Waals surface area contributed by atoms with Crippen LogP contribution in [0.3, 0.4) is 0 Å². The molecular weight excluding hydrogens is 232 g/mol. The van der Waals surface area contributed by atoms with Gasteiger partial charge in [-0.3, -0.25) is 0 Å². The molecule has 0 aliphatic heterocycles. The van der Waals surface area contributed by atoms with Crippen LogP contribution in [0.2, 0.25) is 0 Å². The van der Waals surface area contributed by atoms with Crippen molar-refractivity contribution in [1.29, 1.82) is 0 Å². The number of rotatable bonds is 5. The molecule has 0 saturated carbocycles. The van der Waals surface area contributed by atoms with Crippen LogP contribution in [0, 0.1) is 0 Å². The van der Waals surface area contributed by atoms with Crippen molar-refractivity contribution in [2.75, 3.05) is 6.61 Å². The smallest absolute Gasteiger partial charge is 0.119 e. The van der Waals surface area contributed by atoms with Gasteiger partial charge in [-0.2, -0.15) is 0 Å². The van der Waals surface area contributed by atoms with Crippen LogP contribution in [-0.2, 0) is 6.42 Å². The Morgan fingerprint density at radius 2 is 1.68 bits per heavy atom. The molecular formula is C18H18O. The number of para-hydroxylation sites is 1. The van der Waals surface area contributed by atoms with Gasteiger partial charge in [0.25, 0.3) is 0 Å². The van der Waals surface area contributed by atoms with Crippen molar-refractivity contribution in [1.82, 2.24) is 0 Å². The van der Waals surface area contributed by atoms with E-state index in [1.54, 1.807) is 0 Å². The van der Waals surface area contributed by atoms with E-state index in [-0.39, 0.29) is 0 Å². The summed E-state index contributed by atoms with van der Waals surface area (Å²) in [6.07, 6.45) is 5.61. The molecule has 1 heteroatoms. The molecule has 19 heavy (non-hydrogen) atoms. The first-order valence-corrected chi connectivity index (χ1v) is 6.88. The van der Waals surface area contributed by atoms with Gasteiger partial charge in [0.1, 0.15) is 5.75 Å². The van der Waals surface area contributed by atoms with E-state index >= 15 is 0 Å². The first kappa shape index (κ1) is 12.0. The Bertz CT molecular complexity index is 569. The molecule has 0 atom stereocenters. The minimum atomic E-state index is 0.781.